The smallest absolute Gasteiger partial charge is 0.161 e. The van der Waals surface area contributed by atoms with Crippen molar-refractivity contribution in [3.8, 4) is 0 Å². The van der Waals surface area contributed by atoms with E-state index in [9.17, 15) is 4.79 Å². The van der Waals surface area contributed by atoms with E-state index < -0.39 is 0 Å². The standard InChI is InChI=1S/C16H17BrN2O/c1-11(20)15-9-14(7-8-16(15)18)19(2)10-12-3-5-13(17)6-4-12/h3-9H,10,18H2,1-2H3. The van der Waals surface area contributed by atoms with Crippen molar-refractivity contribution >= 4 is 33.1 Å². The Labute approximate surface area is 127 Å². The molecule has 3 nitrogen and oxygen atoms in total. The van der Waals surface area contributed by atoms with Crippen LogP contribution in [0.2, 0.25) is 0 Å². The lowest BCUT2D eigenvalue weighted by Crippen LogP contribution is -2.17. The molecule has 0 unspecified atom stereocenters. The van der Waals surface area contributed by atoms with E-state index >= 15 is 0 Å². The average molecular weight is 333 g/mol. The maximum atomic E-state index is 11.5. The van der Waals surface area contributed by atoms with Crippen LogP contribution in [0.4, 0.5) is 11.4 Å². The van der Waals surface area contributed by atoms with Gasteiger partial charge < -0.3 is 10.6 Å². The summed E-state index contributed by atoms with van der Waals surface area (Å²) in [6, 6.07) is 13.7. The first-order valence-electron chi connectivity index (χ1n) is 6.33. The van der Waals surface area contributed by atoms with E-state index in [-0.39, 0.29) is 5.78 Å². The molecule has 2 rings (SSSR count). The normalized spacial score (nSPS) is 10.3. The molecule has 0 heterocycles. The summed E-state index contributed by atoms with van der Waals surface area (Å²) in [5.74, 6) is -0.0126. The molecule has 104 valence electrons. The summed E-state index contributed by atoms with van der Waals surface area (Å²) >= 11 is 3.43. The van der Waals surface area contributed by atoms with Crippen LogP contribution in [0.1, 0.15) is 22.8 Å². The van der Waals surface area contributed by atoms with Crippen LogP contribution >= 0.6 is 15.9 Å². The number of nitrogens with zero attached hydrogens (tertiary/aromatic N) is 1. The highest BCUT2D eigenvalue weighted by Crippen LogP contribution is 2.22. The van der Waals surface area contributed by atoms with Gasteiger partial charge in [-0.1, -0.05) is 28.1 Å². The van der Waals surface area contributed by atoms with Gasteiger partial charge in [-0.2, -0.15) is 0 Å². The second-order valence-corrected chi connectivity index (χ2v) is 5.73. The first kappa shape index (κ1) is 14.6. The van der Waals surface area contributed by atoms with Crippen molar-refractivity contribution in [2.75, 3.05) is 17.7 Å². The van der Waals surface area contributed by atoms with E-state index in [0.29, 0.717) is 11.3 Å². The van der Waals surface area contributed by atoms with Gasteiger partial charge in [0.25, 0.3) is 0 Å². The first-order chi connectivity index (χ1) is 9.47. The molecule has 0 saturated carbocycles. The first-order valence-corrected chi connectivity index (χ1v) is 7.12. The number of halogens is 1. The van der Waals surface area contributed by atoms with Crippen LogP contribution in [0, 0.1) is 0 Å². The fourth-order valence-corrected chi connectivity index (χ4v) is 2.31. The van der Waals surface area contributed by atoms with E-state index in [1.807, 2.05) is 31.3 Å². The molecule has 2 N–H and O–H groups in total. The van der Waals surface area contributed by atoms with Gasteiger partial charge >= 0.3 is 0 Å². The topological polar surface area (TPSA) is 46.3 Å². The summed E-state index contributed by atoms with van der Waals surface area (Å²) in [6.07, 6.45) is 0. The minimum atomic E-state index is -0.0126. The Hall–Kier alpha value is -1.81. The molecular weight excluding hydrogens is 316 g/mol. The number of nitrogen functional groups attached to an aromatic ring is 1. The molecule has 0 aromatic heterocycles. The number of benzene rings is 2. The molecule has 4 heteroatoms. The summed E-state index contributed by atoms with van der Waals surface area (Å²) in [5, 5.41) is 0. The number of rotatable bonds is 4. The van der Waals surface area contributed by atoms with Gasteiger partial charge in [0, 0.05) is 35.0 Å². The van der Waals surface area contributed by atoms with Crippen LogP contribution in [0.15, 0.2) is 46.9 Å². The maximum Gasteiger partial charge on any atom is 0.161 e. The quantitative estimate of drug-likeness (QED) is 0.682. The Kier molecular flexibility index (Phi) is 4.45. The monoisotopic (exact) mass is 332 g/mol. The van der Waals surface area contributed by atoms with Gasteiger partial charge in [0.15, 0.2) is 5.78 Å². The molecule has 0 atom stereocenters. The summed E-state index contributed by atoms with van der Waals surface area (Å²) in [5.41, 5.74) is 9.10. The van der Waals surface area contributed by atoms with Crippen molar-refractivity contribution in [1.29, 1.82) is 0 Å². The highest BCUT2D eigenvalue weighted by atomic mass is 79.9. The third-order valence-electron chi connectivity index (χ3n) is 3.19. The van der Waals surface area contributed by atoms with Crippen molar-refractivity contribution in [2.45, 2.75) is 13.5 Å². The van der Waals surface area contributed by atoms with Gasteiger partial charge in [-0.25, -0.2) is 0 Å². The number of carbonyl (C=O) groups is 1. The molecule has 2 aromatic rings. The summed E-state index contributed by atoms with van der Waals surface area (Å²) in [4.78, 5) is 13.6. The Morgan fingerprint density at radius 2 is 1.85 bits per heavy atom. The highest BCUT2D eigenvalue weighted by Gasteiger charge is 2.09. The molecule has 0 radical (unpaired) electrons. The predicted octanol–water partition coefficient (Wildman–Crippen LogP) is 3.87. The molecule has 0 spiro atoms. The van der Waals surface area contributed by atoms with Crippen LogP contribution in [0.25, 0.3) is 0 Å². The molecule has 0 aliphatic carbocycles. The minimum Gasteiger partial charge on any atom is -0.398 e. The number of ketones is 1. The summed E-state index contributed by atoms with van der Waals surface area (Å²) < 4.78 is 1.07. The van der Waals surface area contributed by atoms with E-state index in [0.717, 1.165) is 16.7 Å². The number of hydrogen-bond acceptors (Lipinski definition) is 3. The Balaban J connectivity index is 2.20. The second kappa shape index (κ2) is 6.09. The zero-order chi connectivity index (χ0) is 14.7. The fourth-order valence-electron chi connectivity index (χ4n) is 2.04. The highest BCUT2D eigenvalue weighted by molar-refractivity contribution is 9.10. The van der Waals surface area contributed by atoms with Gasteiger partial charge in [0.05, 0.1) is 0 Å². The zero-order valence-electron chi connectivity index (χ0n) is 11.6. The number of carbonyl (C=O) groups excluding carboxylic acids is 1. The van der Waals surface area contributed by atoms with Crippen molar-refractivity contribution in [1.82, 2.24) is 0 Å². The number of Topliss-reactive ketones (excluding diaryl/α,β-unsaturated/α-hetero) is 1. The van der Waals surface area contributed by atoms with E-state index in [4.69, 9.17) is 5.73 Å². The zero-order valence-corrected chi connectivity index (χ0v) is 13.1. The van der Waals surface area contributed by atoms with Crippen LogP contribution in [0.5, 0.6) is 0 Å². The largest absolute Gasteiger partial charge is 0.398 e. The Morgan fingerprint density at radius 1 is 1.20 bits per heavy atom. The Bertz CT molecular complexity index is 623. The lowest BCUT2D eigenvalue weighted by molar-refractivity contribution is 0.101. The van der Waals surface area contributed by atoms with Gasteiger partial charge in [0.1, 0.15) is 0 Å². The molecule has 0 bridgehead atoms. The summed E-state index contributed by atoms with van der Waals surface area (Å²) in [7, 11) is 2.00. The van der Waals surface area contributed by atoms with Crippen LogP contribution in [0.3, 0.4) is 0 Å². The molecule has 0 fully saturated rings. The lowest BCUT2D eigenvalue weighted by atomic mass is 10.1. The molecule has 20 heavy (non-hydrogen) atoms. The van der Waals surface area contributed by atoms with Gasteiger partial charge in [-0.15, -0.1) is 0 Å². The van der Waals surface area contributed by atoms with Crippen molar-refractivity contribution < 1.29 is 4.79 Å². The molecule has 0 aliphatic rings. The van der Waals surface area contributed by atoms with Crippen LogP contribution in [-0.2, 0) is 6.54 Å². The van der Waals surface area contributed by atoms with Crippen LogP contribution in [-0.4, -0.2) is 12.8 Å². The molecule has 0 amide bonds. The molecule has 2 aromatic carbocycles. The van der Waals surface area contributed by atoms with Gasteiger partial charge in [-0.05, 0) is 42.8 Å². The Morgan fingerprint density at radius 3 is 2.45 bits per heavy atom. The fraction of sp³-hybridized carbons (Fsp3) is 0.188. The summed E-state index contributed by atoms with van der Waals surface area (Å²) in [6.45, 7) is 2.30. The molecule has 0 saturated heterocycles. The van der Waals surface area contributed by atoms with E-state index in [2.05, 4.69) is 33.0 Å². The number of nitrogens with two attached hydrogens (primary N) is 1. The third kappa shape index (κ3) is 3.39. The van der Waals surface area contributed by atoms with Crippen molar-refractivity contribution in [3.05, 3.63) is 58.1 Å². The van der Waals surface area contributed by atoms with E-state index in [1.165, 1.54) is 12.5 Å². The lowest BCUT2D eigenvalue weighted by Gasteiger charge is -2.20. The van der Waals surface area contributed by atoms with Crippen LogP contribution < -0.4 is 10.6 Å². The minimum absolute atomic E-state index is 0.0126. The number of anilines is 2. The third-order valence-corrected chi connectivity index (χ3v) is 3.72. The predicted molar refractivity (Wildman–Crippen MR) is 87.1 cm³/mol. The maximum absolute atomic E-state index is 11.5. The van der Waals surface area contributed by atoms with Gasteiger partial charge in [-0.3, -0.25) is 4.79 Å². The molecule has 0 aliphatic heterocycles. The van der Waals surface area contributed by atoms with Gasteiger partial charge in [0.2, 0.25) is 0 Å². The molecular formula is C16H17BrN2O. The number of hydrogen-bond donors (Lipinski definition) is 1. The second-order valence-electron chi connectivity index (χ2n) is 4.81. The van der Waals surface area contributed by atoms with Crippen molar-refractivity contribution in [3.63, 3.8) is 0 Å². The average Bonchev–Trinajstić information content (AvgIpc) is 2.41. The van der Waals surface area contributed by atoms with Crippen molar-refractivity contribution in [2.24, 2.45) is 0 Å². The SMILES string of the molecule is CC(=O)c1cc(N(C)Cc2ccc(Br)cc2)ccc1N. The van der Waals surface area contributed by atoms with E-state index in [1.54, 1.807) is 6.07 Å².